The SMILES string of the molecule is Cn1nc(-c2ccccn2)cc1CN1CCC(NC(=O)Cc2ccc(F)cc2)CC1. The van der Waals surface area contributed by atoms with Gasteiger partial charge in [-0.1, -0.05) is 18.2 Å². The summed E-state index contributed by atoms with van der Waals surface area (Å²) in [4.78, 5) is 19.0. The van der Waals surface area contributed by atoms with E-state index in [1.807, 2.05) is 29.9 Å². The Hall–Kier alpha value is -3.06. The Morgan fingerprint density at radius 2 is 1.90 bits per heavy atom. The van der Waals surface area contributed by atoms with Gasteiger partial charge in [0.25, 0.3) is 0 Å². The maximum atomic E-state index is 13.0. The first-order chi connectivity index (χ1) is 14.6. The number of hydrogen-bond donors (Lipinski definition) is 1. The number of likely N-dealkylation sites (tertiary alicyclic amines) is 1. The molecule has 0 radical (unpaired) electrons. The van der Waals surface area contributed by atoms with Crippen molar-refractivity contribution in [2.45, 2.75) is 31.8 Å². The van der Waals surface area contributed by atoms with Gasteiger partial charge in [-0.05, 0) is 48.7 Å². The molecule has 1 amide bonds. The first kappa shape index (κ1) is 20.2. The molecule has 3 aromatic rings. The first-order valence-corrected chi connectivity index (χ1v) is 10.3. The predicted molar refractivity (Wildman–Crippen MR) is 113 cm³/mol. The molecule has 6 nitrogen and oxygen atoms in total. The van der Waals surface area contributed by atoms with E-state index in [4.69, 9.17) is 0 Å². The topological polar surface area (TPSA) is 63.1 Å². The van der Waals surface area contributed by atoms with E-state index in [-0.39, 0.29) is 24.2 Å². The first-order valence-electron chi connectivity index (χ1n) is 10.3. The van der Waals surface area contributed by atoms with E-state index in [1.165, 1.54) is 12.1 Å². The molecule has 3 heterocycles. The molecule has 1 aliphatic heterocycles. The monoisotopic (exact) mass is 407 g/mol. The van der Waals surface area contributed by atoms with E-state index in [0.29, 0.717) is 0 Å². The number of aromatic nitrogens is 3. The second-order valence-electron chi connectivity index (χ2n) is 7.78. The number of pyridine rings is 1. The highest BCUT2D eigenvalue weighted by Crippen LogP contribution is 2.19. The number of carbonyl (C=O) groups is 1. The van der Waals surface area contributed by atoms with Gasteiger partial charge in [-0.2, -0.15) is 5.10 Å². The van der Waals surface area contributed by atoms with E-state index in [1.54, 1.807) is 18.3 Å². The molecule has 156 valence electrons. The summed E-state index contributed by atoms with van der Waals surface area (Å²) in [6.45, 7) is 2.67. The van der Waals surface area contributed by atoms with Crippen molar-refractivity contribution >= 4 is 5.91 Å². The van der Waals surface area contributed by atoms with Gasteiger partial charge in [-0.15, -0.1) is 0 Å². The molecule has 0 spiro atoms. The van der Waals surface area contributed by atoms with Crippen LogP contribution in [0.25, 0.3) is 11.4 Å². The van der Waals surface area contributed by atoms with Crippen LogP contribution in [0.1, 0.15) is 24.1 Å². The van der Waals surface area contributed by atoms with Crippen LogP contribution in [0.4, 0.5) is 4.39 Å². The fraction of sp³-hybridized carbons (Fsp3) is 0.348. The van der Waals surface area contributed by atoms with Gasteiger partial charge in [0.1, 0.15) is 11.5 Å². The van der Waals surface area contributed by atoms with Crippen LogP contribution < -0.4 is 5.32 Å². The van der Waals surface area contributed by atoms with Crippen molar-refractivity contribution in [3.63, 3.8) is 0 Å². The van der Waals surface area contributed by atoms with E-state index < -0.39 is 0 Å². The minimum atomic E-state index is -0.285. The molecule has 4 rings (SSSR count). The molecule has 1 saturated heterocycles. The van der Waals surface area contributed by atoms with Crippen LogP contribution in [0, 0.1) is 5.82 Å². The summed E-state index contributed by atoms with van der Waals surface area (Å²) in [6, 6.07) is 14.2. The van der Waals surface area contributed by atoms with Gasteiger partial charge in [0.05, 0.1) is 17.8 Å². The van der Waals surface area contributed by atoms with Gasteiger partial charge < -0.3 is 5.32 Å². The maximum absolute atomic E-state index is 13.0. The molecular formula is C23H26FN5O. The highest BCUT2D eigenvalue weighted by Gasteiger charge is 2.22. The molecule has 30 heavy (non-hydrogen) atoms. The van der Waals surface area contributed by atoms with Crippen LogP contribution >= 0.6 is 0 Å². The van der Waals surface area contributed by atoms with Gasteiger partial charge in [0, 0.05) is 38.9 Å². The second kappa shape index (κ2) is 9.17. The lowest BCUT2D eigenvalue weighted by atomic mass is 10.0. The quantitative estimate of drug-likeness (QED) is 0.683. The van der Waals surface area contributed by atoms with Crippen LogP contribution in [0.2, 0.25) is 0 Å². The number of halogens is 1. The van der Waals surface area contributed by atoms with Crippen molar-refractivity contribution in [1.29, 1.82) is 0 Å². The number of amides is 1. The molecule has 0 unspecified atom stereocenters. The predicted octanol–water partition coefficient (Wildman–Crippen LogP) is 2.94. The minimum Gasteiger partial charge on any atom is -0.353 e. The highest BCUT2D eigenvalue weighted by atomic mass is 19.1. The maximum Gasteiger partial charge on any atom is 0.224 e. The van der Waals surface area contributed by atoms with Crippen molar-refractivity contribution < 1.29 is 9.18 Å². The molecule has 1 aliphatic rings. The summed E-state index contributed by atoms with van der Waals surface area (Å²) < 4.78 is 14.9. The fourth-order valence-electron chi connectivity index (χ4n) is 3.82. The lowest BCUT2D eigenvalue weighted by Crippen LogP contribution is -2.44. The van der Waals surface area contributed by atoms with Gasteiger partial charge in [-0.3, -0.25) is 19.4 Å². The van der Waals surface area contributed by atoms with Crippen LogP contribution in [0.3, 0.4) is 0 Å². The Labute approximate surface area is 175 Å². The third kappa shape index (κ3) is 5.10. The van der Waals surface area contributed by atoms with Crippen LogP contribution in [-0.2, 0) is 24.8 Å². The third-order valence-corrected chi connectivity index (χ3v) is 5.52. The van der Waals surface area contributed by atoms with Crippen molar-refractivity contribution in [3.05, 3.63) is 71.8 Å². The molecule has 0 saturated carbocycles. The molecule has 0 aliphatic carbocycles. The Kier molecular flexibility index (Phi) is 6.18. The molecule has 7 heteroatoms. The smallest absolute Gasteiger partial charge is 0.224 e. The van der Waals surface area contributed by atoms with Gasteiger partial charge in [-0.25, -0.2) is 4.39 Å². The minimum absolute atomic E-state index is 0.00769. The zero-order valence-electron chi connectivity index (χ0n) is 17.1. The standard InChI is InChI=1S/C23H26FN5O/c1-28-20(15-22(27-28)21-4-2-3-11-25-21)16-29-12-9-19(10-13-29)26-23(30)14-17-5-7-18(24)8-6-17/h2-8,11,15,19H,9-10,12-14,16H2,1H3,(H,26,30). The average Bonchev–Trinajstić information content (AvgIpc) is 3.12. The fourth-order valence-corrected chi connectivity index (χ4v) is 3.82. The van der Waals surface area contributed by atoms with Gasteiger partial charge in [0.2, 0.25) is 5.91 Å². The Bertz CT molecular complexity index is 979. The van der Waals surface area contributed by atoms with E-state index in [9.17, 15) is 9.18 Å². The van der Waals surface area contributed by atoms with Gasteiger partial charge >= 0.3 is 0 Å². The summed E-state index contributed by atoms with van der Waals surface area (Å²) >= 11 is 0. The lowest BCUT2D eigenvalue weighted by molar-refractivity contribution is -0.121. The number of benzene rings is 1. The Balaban J connectivity index is 1.26. The largest absolute Gasteiger partial charge is 0.353 e. The zero-order valence-corrected chi connectivity index (χ0v) is 17.1. The third-order valence-electron chi connectivity index (χ3n) is 5.52. The molecule has 1 fully saturated rings. The zero-order chi connectivity index (χ0) is 20.9. The molecular weight excluding hydrogens is 381 g/mol. The molecule has 0 bridgehead atoms. The summed E-state index contributed by atoms with van der Waals surface area (Å²) in [5.41, 5.74) is 3.73. The summed E-state index contributed by atoms with van der Waals surface area (Å²) in [6.07, 6.45) is 3.89. The number of aryl methyl sites for hydroxylation is 1. The van der Waals surface area contributed by atoms with Crippen LogP contribution in [0.5, 0.6) is 0 Å². The van der Waals surface area contributed by atoms with Crippen molar-refractivity contribution in [2.24, 2.45) is 7.05 Å². The highest BCUT2D eigenvalue weighted by molar-refractivity contribution is 5.78. The second-order valence-corrected chi connectivity index (χ2v) is 7.78. The Morgan fingerprint density at radius 1 is 1.13 bits per heavy atom. The summed E-state index contributed by atoms with van der Waals surface area (Å²) in [7, 11) is 1.96. The Morgan fingerprint density at radius 3 is 2.60 bits per heavy atom. The molecule has 1 N–H and O–H groups in total. The van der Waals surface area contributed by atoms with Crippen LogP contribution in [-0.4, -0.2) is 44.7 Å². The van der Waals surface area contributed by atoms with E-state index in [0.717, 1.165) is 55.1 Å². The number of rotatable bonds is 6. The number of nitrogens with one attached hydrogen (secondary N) is 1. The summed E-state index contributed by atoms with van der Waals surface area (Å²) in [5.74, 6) is -0.293. The van der Waals surface area contributed by atoms with Crippen molar-refractivity contribution in [2.75, 3.05) is 13.1 Å². The normalized spacial score (nSPS) is 15.3. The van der Waals surface area contributed by atoms with Crippen molar-refractivity contribution in [1.82, 2.24) is 25.0 Å². The van der Waals surface area contributed by atoms with E-state index >= 15 is 0 Å². The van der Waals surface area contributed by atoms with Crippen LogP contribution in [0.15, 0.2) is 54.7 Å². The number of hydrogen-bond acceptors (Lipinski definition) is 4. The number of nitrogens with zero attached hydrogens (tertiary/aromatic N) is 4. The van der Waals surface area contributed by atoms with Crippen molar-refractivity contribution in [3.8, 4) is 11.4 Å². The lowest BCUT2D eigenvalue weighted by Gasteiger charge is -2.32. The molecule has 0 atom stereocenters. The number of piperidine rings is 1. The van der Waals surface area contributed by atoms with Gasteiger partial charge in [0.15, 0.2) is 0 Å². The summed E-state index contributed by atoms with van der Waals surface area (Å²) in [5, 5.41) is 7.71. The van der Waals surface area contributed by atoms with E-state index in [2.05, 4.69) is 26.4 Å². The number of carbonyl (C=O) groups excluding carboxylic acids is 1. The average molecular weight is 407 g/mol. The molecule has 1 aromatic carbocycles. The molecule has 2 aromatic heterocycles.